The molecule has 2 heterocycles. The van der Waals surface area contributed by atoms with E-state index in [2.05, 4.69) is 22.1 Å². The SMILES string of the molecule is Oc1ccc2[nH]c3c(ccc4cccnc43)c2c1. The molecule has 0 atom stereocenters. The fourth-order valence-electron chi connectivity index (χ4n) is 2.49. The minimum atomic E-state index is 0.282. The van der Waals surface area contributed by atoms with Crippen molar-refractivity contribution in [3.8, 4) is 5.75 Å². The van der Waals surface area contributed by atoms with Crippen molar-refractivity contribution in [1.82, 2.24) is 9.97 Å². The Balaban J connectivity index is 2.30. The van der Waals surface area contributed by atoms with Gasteiger partial charge in [0.2, 0.25) is 0 Å². The van der Waals surface area contributed by atoms with Crippen LogP contribution in [-0.2, 0) is 0 Å². The van der Waals surface area contributed by atoms with Gasteiger partial charge in [0.1, 0.15) is 5.75 Å². The monoisotopic (exact) mass is 234 g/mol. The standard InChI is InChI=1S/C15H10N2O/c18-10-4-6-13-12(8-10)11-5-3-9-2-1-7-16-14(9)15(11)17-13/h1-8,17-18H. The Bertz CT molecular complexity index is 893. The molecule has 0 aliphatic heterocycles. The van der Waals surface area contributed by atoms with Crippen LogP contribution < -0.4 is 0 Å². The highest BCUT2D eigenvalue weighted by atomic mass is 16.3. The van der Waals surface area contributed by atoms with Crippen molar-refractivity contribution in [3.63, 3.8) is 0 Å². The Morgan fingerprint density at radius 3 is 2.89 bits per heavy atom. The van der Waals surface area contributed by atoms with Crippen molar-refractivity contribution in [2.24, 2.45) is 0 Å². The Labute approximate surface area is 103 Å². The average Bonchev–Trinajstić information content (AvgIpc) is 2.77. The van der Waals surface area contributed by atoms with Crippen LogP contribution in [0, 0.1) is 0 Å². The Kier molecular flexibility index (Phi) is 1.70. The first-order valence-corrected chi connectivity index (χ1v) is 5.81. The molecule has 0 saturated heterocycles. The lowest BCUT2D eigenvalue weighted by atomic mass is 10.1. The van der Waals surface area contributed by atoms with Crippen molar-refractivity contribution in [2.45, 2.75) is 0 Å². The molecule has 0 aliphatic carbocycles. The van der Waals surface area contributed by atoms with Gasteiger partial charge in [0.05, 0.1) is 11.0 Å². The summed E-state index contributed by atoms with van der Waals surface area (Å²) in [5.41, 5.74) is 3.00. The number of hydrogen-bond acceptors (Lipinski definition) is 2. The Hall–Kier alpha value is -2.55. The summed E-state index contributed by atoms with van der Waals surface area (Å²) in [5.74, 6) is 0.282. The molecule has 3 heteroatoms. The van der Waals surface area contributed by atoms with Crippen LogP contribution in [0.3, 0.4) is 0 Å². The third-order valence-corrected chi connectivity index (χ3v) is 3.33. The number of fused-ring (bicyclic) bond motifs is 5. The van der Waals surface area contributed by atoms with Gasteiger partial charge in [0.25, 0.3) is 0 Å². The number of aromatic nitrogens is 2. The molecule has 0 spiro atoms. The van der Waals surface area contributed by atoms with Crippen LogP contribution in [0.25, 0.3) is 32.7 Å². The number of aromatic amines is 1. The molecule has 0 aliphatic rings. The summed E-state index contributed by atoms with van der Waals surface area (Å²) in [7, 11) is 0. The number of nitrogens with zero attached hydrogens (tertiary/aromatic N) is 1. The summed E-state index contributed by atoms with van der Waals surface area (Å²) in [5, 5.41) is 12.8. The van der Waals surface area contributed by atoms with Gasteiger partial charge in [-0.05, 0) is 24.3 Å². The average molecular weight is 234 g/mol. The second kappa shape index (κ2) is 3.23. The van der Waals surface area contributed by atoms with Gasteiger partial charge in [-0.1, -0.05) is 18.2 Å². The van der Waals surface area contributed by atoms with E-state index in [4.69, 9.17) is 0 Å². The summed E-state index contributed by atoms with van der Waals surface area (Å²) < 4.78 is 0. The normalized spacial score (nSPS) is 11.6. The van der Waals surface area contributed by atoms with Crippen LogP contribution in [0.2, 0.25) is 0 Å². The first-order valence-electron chi connectivity index (χ1n) is 5.81. The molecular weight excluding hydrogens is 224 g/mol. The van der Waals surface area contributed by atoms with Crippen LogP contribution in [0.15, 0.2) is 48.7 Å². The molecule has 86 valence electrons. The fourth-order valence-corrected chi connectivity index (χ4v) is 2.49. The minimum absolute atomic E-state index is 0.282. The lowest BCUT2D eigenvalue weighted by Crippen LogP contribution is -1.78. The van der Waals surface area contributed by atoms with Gasteiger partial charge in [-0.3, -0.25) is 4.98 Å². The maximum Gasteiger partial charge on any atom is 0.116 e. The van der Waals surface area contributed by atoms with E-state index in [-0.39, 0.29) is 5.75 Å². The topological polar surface area (TPSA) is 48.9 Å². The summed E-state index contributed by atoms with van der Waals surface area (Å²) in [6.45, 7) is 0. The number of aromatic hydroxyl groups is 1. The molecule has 0 fully saturated rings. The Morgan fingerprint density at radius 2 is 1.94 bits per heavy atom. The number of hydrogen-bond donors (Lipinski definition) is 2. The van der Waals surface area contributed by atoms with Gasteiger partial charge in [-0.25, -0.2) is 0 Å². The molecule has 2 aromatic carbocycles. The predicted octanol–water partition coefficient (Wildman–Crippen LogP) is 3.57. The zero-order valence-corrected chi connectivity index (χ0v) is 9.51. The minimum Gasteiger partial charge on any atom is -0.508 e. The van der Waals surface area contributed by atoms with E-state index >= 15 is 0 Å². The summed E-state index contributed by atoms with van der Waals surface area (Å²) in [6, 6.07) is 13.5. The molecule has 0 radical (unpaired) electrons. The second-order valence-corrected chi connectivity index (χ2v) is 4.42. The van der Waals surface area contributed by atoms with Gasteiger partial charge >= 0.3 is 0 Å². The van der Waals surface area contributed by atoms with E-state index < -0.39 is 0 Å². The zero-order valence-electron chi connectivity index (χ0n) is 9.51. The van der Waals surface area contributed by atoms with Crippen LogP contribution >= 0.6 is 0 Å². The van der Waals surface area contributed by atoms with Crippen molar-refractivity contribution >= 4 is 32.7 Å². The number of H-pyrrole nitrogens is 1. The highest BCUT2D eigenvalue weighted by Crippen LogP contribution is 2.31. The quantitative estimate of drug-likeness (QED) is 0.488. The van der Waals surface area contributed by atoms with Crippen LogP contribution in [0.1, 0.15) is 0 Å². The molecule has 3 nitrogen and oxygen atoms in total. The third-order valence-electron chi connectivity index (χ3n) is 3.33. The zero-order chi connectivity index (χ0) is 12.1. The van der Waals surface area contributed by atoms with Crippen molar-refractivity contribution in [1.29, 1.82) is 0 Å². The first kappa shape index (κ1) is 9.48. The van der Waals surface area contributed by atoms with Gasteiger partial charge in [-0.2, -0.15) is 0 Å². The van der Waals surface area contributed by atoms with Crippen LogP contribution in [0.5, 0.6) is 5.75 Å². The van der Waals surface area contributed by atoms with Gasteiger partial charge in [0, 0.05) is 27.9 Å². The van der Waals surface area contributed by atoms with E-state index in [1.807, 2.05) is 18.2 Å². The number of pyridine rings is 1. The first-order chi connectivity index (χ1) is 8.83. The van der Waals surface area contributed by atoms with E-state index in [0.29, 0.717) is 0 Å². The van der Waals surface area contributed by atoms with E-state index in [0.717, 1.165) is 32.7 Å². The molecule has 2 N–H and O–H groups in total. The van der Waals surface area contributed by atoms with E-state index in [9.17, 15) is 5.11 Å². The largest absolute Gasteiger partial charge is 0.508 e. The second-order valence-electron chi connectivity index (χ2n) is 4.42. The Morgan fingerprint density at radius 1 is 1.00 bits per heavy atom. The lowest BCUT2D eigenvalue weighted by Gasteiger charge is -1.97. The van der Waals surface area contributed by atoms with Gasteiger partial charge in [0.15, 0.2) is 0 Å². The van der Waals surface area contributed by atoms with Gasteiger partial charge in [-0.15, -0.1) is 0 Å². The number of phenols is 1. The highest BCUT2D eigenvalue weighted by Gasteiger charge is 2.08. The summed E-state index contributed by atoms with van der Waals surface area (Å²) >= 11 is 0. The predicted molar refractivity (Wildman–Crippen MR) is 72.8 cm³/mol. The van der Waals surface area contributed by atoms with Crippen molar-refractivity contribution < 1.29 is 5.11 Å². The molecule has 0 unspecified atom stereocenters. The summed E-state index contributed by atoms with van der Waals surface area (Å²) in [4.78, 5) is 7.81. The number of benzene rings is 2. The van der Waals surface area contributed by atoms with E-state index in [1.165, 1.54) is 0 Å². The van der Waals surface area contributed by atoms with E-state index in [1.54, 1.807) is 18.3 Å². The van der Waals surface area contributed by atoms with Gasteiger partial charge < -0.3 is 10.1 Å². The summed E-state index contributed by atoms with van der Waals surface area (Å²) in [6.07, 6.45) is 1.80. The highest BCUT2D eigenvalue weighted by molar-refractivity contribution is 6.15. The lowest BCUT2D eigenvalue weighted by molar-refractivity contribution is 0.476. The maximum absolute atomic E-state index is 9.59. The molecule has 2 aromatic heterocycles. The number of nitrogens with one attached hydrogen (secondary N) is 1. The third kappa shape index (κ3) is 1.16. The number of phenolic OH excluding ortho intramolecular Hbond substituents is 1. The van der Waals surface area contributed by atoms with Crippen LogP contribution in [0.4, 0.5) is 0 Å². The maximum atomic E-state index is 9.59. The molecule has 4 rings (SSSR count). The molecule has 0 amide bonds. The molecule has 0 bridgehead atoms. The molecule has 18 heavy (non-hydrogen) atoms. The fraction of sp³-hybridized carbons (Fsp3) is 0. The van der Waals surface area contributed by atoms with Crippen molar-refractivity contribution in [2.75, 3.05) is 0 Å². The molecular formula is C15H10N2O. The smallest absolute Gasteiger partial charge is 0.116 e. The molecule has 0 saturated carbocycles. The van der Waals surface area contributed by atoms with Crippen LogP contribution in [-0.4, -0.2) is 15.1 Å². The number of rotatable bonds is 0. The molecule has 4 aromatic rings. The van der Waals surface area contributed by atoms with Crippen molar-refractivity contribution in [3.05, 3.63) is 48.7 Å².